The Balaban J connectivity index is 2.74. The Morgan fingerprint density at radius 2 is 2.19 bits per heavy atom. The number of hydrogen-bond donors (Lipinski definition) is 1. The average molecular weight is 240 g/mol. The van der Waals surface area contributed by atoms with Crippen LogP contribution >= 0.6 is 11.5 Å². The number of carbonyl (C=O) groups is 1. The van der Waals surface area contributed by atoms with Gasteiger partial charge in [0, 0.05) is 10.4 Å². The number of nitrogens with zero attached hydrogens (tertiary/aromatic N) is 1. The number of aromatic nitrogens is 1. The third-order valence-electron chi connectivity index (χ3n) is 1.73. The molecule has 0 atom stereocenters. The van der Waals surface area contributed by atoms with Crippen LogP contribution in [0.1, 0.15) is 31.2 Å². The van der Waals surface area contributed by atoms with Gasteiger partial charge in [0.15, 0.2) is 5.82 Å². The molecule has 0 saturated heterocycles. The standard InChI is InChI=1S/C11H16N2O2S/c1-6-8-7(2)16-13-9(8)12-10(14)15-11(3,4)5/h6H,1H2,2-5H3,(H,12,13,14). The smallest absolute Gasteiger partial charge is 0.413 e. The number of carbonyl (C=O) groups excluding carboxylic acids is 1. The number of rotatable bonds is 2. The number of ether oxygens (including phenoxy) is 1. The van der Waals surface area contributed by atoms with Gasteiger partial charge >= 0.3 is 6.09 Å². The molecule has 16 heavy (non-hydrogen) atoms. The highest BCUT2D eigenvalue weighted by atomic mass is 32.1. The lowest BCUT2D eigenvalue weighted by atomic mass is 10.2. The van der Waals surface area contributed by atoms with Gasteiger partial charge in [-0.05, 0) is 39.2 Å². The summed E-state index contributed by atoms with van der Waals surface area (Å²) in [7, 11) is 0. The largest absolute Gasteiger partial charge is 0.444 e. The normalized spacial score (nSPS) is 11.0. The van der Waals surface area contributed by atoms with Crippen molar-refractivity contribution in [2.24, 2.45) is 0 Å². The van der Waals surface area contributed by atoms with E-state index in [0.29, 0.717) is 5.82 Å². The lowest BCUT2D eigenvalue weighted by Crippen LogP contribution is -2.27. The first kappa shape index (κ1) is 12.7. The van der Waals surface area contributed by atoms with Gasteiger partial charge in [-0.1, -0.05) is 12.7 Å². The van der Waals surface area contributed by atoms with Crippen LogP contribution in [0.5, 0.6) is 0 Å². The summed E-state index contributed by atoms with van der Waals surface area (Å²) >= 11 is 1.32. The van der Waals surface area contributed by atoms with Crippen molar-refractivity contribution in [1.29, 1.82) is 0 Å². The third kappa shape index (κ3) is 3.34. The van der Waals surface area contributed by atoms with Gasteiger partial charge in [-0.25, -0.2) is 4.79 Å². The van der Waals surface area contributed by atoms with E-state index >= 15 is 0 Å². The topological polar surface area (TPSA) is 51.2 Å². The van der Waals surface area contributed by atoms with Crippen molar-refractivity contribution >= 4 is 29.5 Å². The summed E-state index contributed by atoms with van der Waals surface area (Å²) in [6.45, 7) is 11.0. The molecule has 1 aromatic rings. The minimum atomic E-state index is -0.510. The van der Waals surface area contributed by atoms with Gasteiger partial charge < -0.3 is 4.74 Å². The molecule has 88 valence electrons. The molecule has 0 aromatic carbocycles. The fourth-order valence-electron chi connectivity index (χ4n) is 1.11. The molecule has 0 aliphatic rings. The van der Waals surface area contributed by atoms with E-state index in [1.54, 1.807) is 6.08 Å². The van der Waals surface area contributed by atoms with Crippen LogP contribution in [0.4, 0.5) is 10.6 Å². The zero-order chi connectivity index (χ0) is 12.3. The van der Waals surface area contributed by atoms with E-state index in [4.69, 9.17) is 4.74 Å². The fraction of sp³-hybridized carbons (Fsp3) is 0.455. The first-order chi connectivity index (χ1) is 7.33. The molecule has 0 saturated carbocycles. The van der Waals surface area contributed by atoms with Gasteiger partial charge in [0.1, 0.15) is 5.60 Å². The molecule has 0 fully saturated rings. The summed E-state index contributed by atoms with van der Waals surface area (Å²) in [5.41, 5.74) is 0.333. The highest BCUT2D eigenvalue weighted by molar-refractivity contribution is 7.06. The van der Waals surface area contributed by atoms with E-state index in [1.807, 2.05) is 27.7 Å². The van der Waals surface area contributed by atoms with E-state index in [9.17, 15) is 4.79 Å². The van der Waals surface area contributed by atoms with Crippen molar-refractivity contribution < 1.29 is 9.53 Å². The Hall–Kier alpha value is -1.36. The summed E-state index contributed by atoms with van der Waals surface area (Å²) in [5, 5.41) is 2.61. The molecule has 0 aliphatic heterocycles. The average Bonchev–Trinajstić information content (AvgIpc) is 2.43. The second-order valence-corrected chi connectivity index (χ2v) is 5.31. The third-order valence-corrected chi connectivity index (χ3v) is 2.50. The molecule has 4 nitrogen and oxygen atoms in total. The van der Waals surface area contributed by atoms with Crippen molar-refractivity contribution in [2.75, 3.05) is 5.32 Å². The molecule has 0 spiro atoms. The molecule has 1 aromatic heterocycles. The van der Waals surface area contributed by atoms with E-state index in [0.717, 1.165) is 10.4 Å². The molecule has 0 bridgehead atoms. The first-order valence-corrected chi connectivity index (χ1v) is 5.69. The van der Waals surface area contributed by atoms with Crippen molar-refractivity contribution in [1.82, 2.24) is 4.37 Å². The first-order valence-electron chi connectivity index (χ1n) is 4.92. The van der Waals surface area contributed by atoms with Crippen LogP contribution in [0, 0.1) is 6.92 Å². The van der Waals surface area contributed by atoms with Crippen LogP contribution in [-0.2, 0) is 4.74 Å². The Labute approximate surface area is 99.5 Å². The van der Waals surface area contributed by atoms with Crippen LogP contribution in [0.2, 0.25) is 0 Å². The molecule has 1 rings (SSSR count). The predicted octanol–water partition coefficient (Wildman–Crippen LogP) is 3.44. The summed E-state index contributed by atoms with van der Waals surface area (Å²) in [6.07, 6.45) is 1.17. The molecule has 1 amide bonds. The number of anilines is 1. The fourth-order valence-corrected chi connectivity index (χ4v) is 1.76. The van der Waals surface area contributed by atoms with Crippen LogP contribution in [0.15, 0.2) is 6.58 Å². The summed E-state index contributed by atoms with van der Waals surface area (Å²) in [5.74, 6) is 0.506. The number of aryl methyl sites for hydroxylation is 1. The van der Waals surface area contributed by atoms with Crippen LogP contribution in [0.3, 0.4) is 0 Å². The number of hydrogen-bond acceptors (Lipinski definition) is 4. The predicted molar refractivity (Wildman–Crippen MR) is 66.8 cm³/mol. The van der Waals surface area contributed by atoms with Crippen molar-refractivity contribution in [3.05, 3.63) is 17.0 Å². The van der Waals surface area contributed by atoms with E-state index < -0.39 is 11.7 Å². The van der Waals surface area contributed by atoms with Gasteiger partial charge in [0.05, 0.1) is 0 Å². The summed E-state index contributed by atoms with van der Waals surface area (Å²) in [4.78, 5) is 12.5. The Morgan fingerprint density at radius 1 is 1.56 bits per heavy atom. The minimum Gasteiger partial charge on any atom is -0.444 e. The van der Waals surface area contributed by atoms with Gasteiger partial charge in [0.2, 0.25) is 0 Å². The molecular weight excluding hydrogens is 224 g/mol. The highest BCUT2D eigenvalue weighted by Crippen LogP contribution is 2.24. The zero-order valence-electron chi connectivity index (χ0n) is 9.96. The number of amides is 1. The van der Waals surface area contributed by atoms with Crippen LogP contribution in [-0.4, -0.2) is 16.1 Å². The summed E-state index contributed by atoms with van der Waals surface area (Å²) in [6, 6.07) is 0. The maximum atomic E-state index is 11.5. The minimum absolute atomic E-state index is 0.499. The van der Waals surface area contributed by atoms with E-state index in [-0.39, 0.29) is 0 Å². The Bertz CT molecular complexity index is 405. The SMILES string of the molecule is C=Cc1c(NC(=O)OC(C)(C)C)nsc1C. The quantitative estimate of drug-likeness (QED) is 0.861. The number of nitrogens with one attached hydrogen (secondary N) is 1. The Kier molecular flexibility index (Phi) is 3.70. The molecule has 5 heteroatoms. The van der Waals surface area contributed by atoms with Gasteiger partial charge in [-0.15, -0.1) is 0 Å². The maximum Gasteiger partial charge on any atom is 0.413 e. The van der Waals surface area contributed by atoms with Gasteiger partial charge in [-0.3, -0.25) is 5.32 Å². The molecule has 1 N–H and O–H groups in total. The second kappa shape index (κ2) is 4.65. The van der Waals surface area contributed by atoms with Gasteiger partial charge in [0.25, 0.3) is 0 Å². The van der Waals surface area contributed by atoms with Gasteiger partial charge in [-0.2, -0.15) is 4.37 Å². The van der Waals surface area contributed by atoms with E-state index in [2.05, 4.69) is 16.3 Å². The monoisotopic (exact) mass is 240 g/mol. The molecular formula is C11H16N2O2S. The van der Waals surface area contributed by atoms with Crippen LogP contribution < -0.4 is 5.32 Å². The Morgan fingerprint density at radius 3 is 2.69 bits per heavy atom. The molecule has 1 heterocycles. The molecule has 0 radical (unpaired) electrons. The van der Waals surface area contributed by atoms with E-state index in [1.165, 1.54) is 11.5 Å². The lowest BCUT2D eigenvalue weighted by molar-refractivity contribution is 0.0635. The lowest BCUT2D eigenvalue weighted by Gasteiger charge is -2.19. The molecule has 0 aliphatic carbocycles. The van der Waals surface area contributed by atoms with Crippen molar-refractivity contribution in [3.63, 3.8) is 0 Å². The second-order valence-electron chi connectivity index (χ2n) is 4.33. The molecule has 0 unspecified atom stereocenters. The van der Waals surface area contributed by atoms with Crippen molar-refractivity contribution in [2.45, 2.75) is 33.3 Å². The van der Waals surface area contributed by atoms with Crippen molar-refractivity contribution in [3.8, 4) is 0 Å². The maximum absolute atomic E-state index is 11.5. The highest BCUT2D eigenvalue weighted by Gasteiger charge is 2.18. The summed E-state index contributed by atoms with van der Waals surface area (Å²) < 4.78 is 9.25. The van der Waals surface area contributed by atoms with Crippen LogP contribution in [0.25, 0.3) is 6.08 Å². The zero-order valence-corrected chi connectivity index (χ0v) is 10.8.